The number of rotatable bonds is 1. The van der Waals surface area contributed by atoms with Gasteiger partial charge in [0, 0.05) is 5.75 Å². The summed E-state index contributed by atoms with van der Waals surface area (Å²) < 4.78 is 13.2. The summed E-state index contributed by atoms with van der Waals surface area (Å²) in [6.45, 7) is 2.29. The van der Waals surface area contributed by atoms with E-state index in [1.165, 1.54) is 25.0 Å². The maximum absolute atomic E-state index is 13.2. The first-order valence-corrected chi connectivity index (χ1v) is 8.86. The van der Waals surface area contributed by atoms with E-state index in [1.807, 2.05) is 0 Å². The summed E-state index contributed by atoms with van der Waals surface area (Å²) >= 11 is 13.8. The van der Waals surface area contributed by atoms with Crippen LogP contribution in [0.2, 0.25) is 10.0 Å². The van der Waals surface area contributed by atoms with Gasteiger partial charge in [-0.3, -0.25) is 4.99 Å². The molecule has 3 rings (SSSR count). The SMILES string of the molecule is CC1CCCC2(CSC(Nc3c(Cl)cc(F)cc3Cl)=N2)C1. The topological polar surface area (TPSA) is 24.4 Å². The third-order valence-corrected chi connectivity index (χ3v) is 5.87. The Morgan fingerprint density at radius 2 is 2.10 bits per heavy atom. The zero-order valence-electron chi connectivity index (χ0n) is 11.8. The Morgan fingerprint density at radius 1 is 1.38 bits per heavy atom. The standard InChI is InChI=1S/C15H17Cl2FN2S/c1-9-3-2-4-15(7-9)8-21-14(20-15)19-13-11(16)5-10(18)6-12(13)17/h5-6,9H,2-4,7-8H2,1H3,(H,19,20). The van der Waals surface area contributed by atoms with Crippen LogP contribution in [0.1, 0.15) is 32.6 Å². The van der Waals surface area contributed by atoms with Gasteiger partial charge in [0.15, 0.2) is 5.17 Å². The van der Waals surface area contributed by atoms with Gasteiger partial charge in [0.2, 0.25) is 0 Å². The highest BCUT2D eigenvalue weighted by molar-refractivity contribution is 8.14. The van der Waals surface area contributed by atoms with Crippen molar-refractivity contribution in [2.75, 3.05) is 11.1 Å². The van der Waals surface area contributed by atoms with Crippen LogP contribution in [-0.2, 0) is 0 Å². The van der Waals surface area contributed by atoms with Crippen LogP contribution in [0.25, 0.3) is 0 Å². The molecule has 0 saturated heterocycles. The van der Waals surface area contributed by atoms with Gasteiger partial charge in [0.25, 0.3) is 0 Å². The van der Waals surface area contributed by atoms with Crippen LogP contribution in [0.4, 0.5) is 10.1 Å². The molecule has 1 fully saturated rings. The quantitative estimate of drug-likeness (QED) is 0.715. The average Bonchev–Trinajstić information content (AvgIpc) is 2.76. The molecule has 1 aliphatic heterocycles. The molecule has 1 spiro atoms. The number of anilines is 1. The zero-order valence-corrected chi connectivity index (χ0v) is 14.1. The number of nitrogens with one attached hydrogen (secondary N) is 1. The fourth-order valence-corrected chi connectivity index (χ4v) is 4.90. The molecule has 114 valence electrons. The molecular formula is C15H17Cl2FN2S. The van der Waals surface area contributed by atoms with Crippen molar-refractivity contribution in [1.82, 2.24) is 0 Å². The number of aliphatic imine (C=N–C) groups is 1. The molecule has 0 amide bonds. The van der Waals surface area contributed by atoms with Gasteiger partial charge >= 0.3 is 0 Å². The molecule has 2 nitrogen and oxygen atoms in total. The molecular weight excluding hydrogens is 330 g/mol. The Kier molecular flexibility index (Phi) is 4.40. The summed E-state index contributed by atoms with van der Waals surface area (Å²) in [5, 5.41) is 4.56. The molecule has 1 saturated carbocycles. The Morgan fingerprint density at radius 3 is 2.76 bits per heavy atom. The molecule has 0 radical (unpaired) electrons. The van der Waals surface area contributed by atoms with E-state index < -0.39 is 5.82 Å². The molecule has 1 heterocycles. The van der Waals surface area contributed by atoms with E-state index in [2.05, 4.69) is 12.2 Å². The molecule has 1 aliphatic carbocycles. The molecule has 1 N–H and O–H groups in total. The summed E-state index contributed by atoms with van der Waals surface area (Å²) in [6, 6.07) is 2.52. The summed E-state index contributed by atoms with van der Waals surface area (Å²) in [5.74, 6) is 1.28. The monoisotopic (exact) mass is 346 g/mol. The highest BCUT2D eigenvalue weighted by Gasteiger charge is 2.39. The van der Waals surface area contributed by atoms with Crippen molar-refractivity contribution in [1.29, 1.82) is 0 Å². The zero-order chi connectivity index (χ0) is 15.0. The number of benzene rings is 1. The van der Waals surface area contributed by atoms with E-state index in [9.17, 15) is 4.39 Å². The number of hydrogen-bond donors (Lipinski definition) is 1. The Balaban J connectivity index is 1.80. The first-order valence-electron chi connectivity index (χ1n) is 7.12. The van der Waals surface area contributed by atoms with Crippen LogP contribution in [0.5, 0.6) is 0 Å². The molecule has 2 atom stereocenters. The maximum atomic E-state index is 13.2. The number of amidine groups is 1. The summed E-state index contributed by atoms with van der Waals surface area (Å²) in [5.41, 5.74) is 0.593. The second-order valence-electron chi connectivity index (χ2n) is 6.00. The minimum atomic E-state index is -0.436. The van der Waals surface area contributed by atoms with Crippen LogP contribution in [0.15, 0.2) is 17.1 Å². The second-order valence-corrected chi connectivity index (χ2v) is 7.78. The van der Waals surface area contributed by atoms with Gasteiger partial charge in [-0.1, -0.05) is 54.7 Å². The molecule has 0 bridgehead atoms. The Bertz CT molecular complexity index is 570. The summed E-state index contributed by atoms with van der Waals surface area (Å²) in [4.78, 5) is 4.89. The smallest absolute Gasteiger partial charge is 0.161 e. The second kappa shape index (κ2) is 5.98. The van der Waals surface area contributed by atoms with E-state index in [0.29, 0.717) is 5.69 Å². The summed E-state index contributed by atoms with van der Waals surface area (Å²) in [7, 11) is 0. The van der Waals surface area contributed by atoms with Gasteiger partial charge in [0.05, 0.1) is 21.3 Å². The Labute approximate surface area is 138 Å². The normalized spacial score (nSPS) is 28.8. The molecule has 1 aromatic rings. The van der Waals surface area contributed by atoms with Gasteiger partial charge in [-0.05, 0) is 30.9 Å². The predicted molar refractivity (Wildman–Crippen MR) is 90.3 cm³/mol. The van der Waals surface area contributed by atoms with Crippen molar-refractivity contribution in [3.05, 3.63) is 28.0 Å². The highest BCUT2D eigenvalue weighted by atomic mass is 35.5. The maximum Gasteiger partial charge on any atom is 0.161 e. The lowest BCUT2D eigenvalue weighted by molar-refractivity contribution is 0.266. The fraction of sp³-hybridized carbons (Fsp3) is 0.533. The third kappa shape index (κ3) is 3.33. The van der Waals surface area contributed by atoms with E-state index in [1.54, 1.807) is 11.8 Å². The van der Waals surface area contributed by atoms with Crippen LogP contribution in [-0.4, -0.2) is 16.5 Å². The number of halogens is 3. The highest BCUT2D eigenvalue weighted by Crippen LogP contribution is 2.43. The molecule has 6 heteroatoms. The van der Waals surface area contributed by atoms with Crippen molar-refractivity contribution < 1.29 is 4.39 Å². The molecule has 2 aliphatic rings. The average molecular weight is 347 g/mol. The number of thioether (sulfide) groups is 1. The lowest BCUT2D eigenvalue weighted by Gasteiger charge is -2.33. The first kappa shape index (κ1) is 15.4. The van der Waals surface area contributed by atoms with Gasteiger partial charge in [-0.15, -0.1) is 0 Å². The third-order valence-electron chi connectivity index (χ3n) is 4.12. The molecule has 0 aromatic heterocycles. The predicted octanol–water partition coefficient (Wildman–Crippen LogP) is 5.60. The van der Waals surface area contributed by atoms with Crippen LogP contribution < -0.4 is 5.32 Å². The number of hydrogen-bond acceptors (Lipinski definition) is 3. The van der Waals surface area contributed by atoms with Gasteiger partial charge in [-0.25, -0.2) is 4.39 Å². The molecule has 21 heavy (non-hydrogen) atoms. The van der Waals surface area contributed by atoms with Crippen molar-refractivity contribution in [2.45, 2.75) is 38.1 Å². The minimum Gasteiger partial charge on any atom is -0.333 e. The Hall–Kier alpha value is -0.450. The lowest BCUT2D eigenvalue weighted by Crippen LogP contribution is -2.33. The largest absolute Gasteiger partial charge is 0.333 e. The van der Waals surface area contributed by atoms with Crippen molar-refractivity contribution in [2.24, 2.45) is 10.9 Å². The molecule has 1 aromatic carbocycles. The summed E-state index contributed by atoms with van der Waals surface area (Å²) in [6.07, 6.45) is 4.80. The van der Waals surface area contributed by atoms with E-state index >= 15 is 0 Å². The van der Waals surface area contributed by atoms with Gasteiger partial charge in [0.1, 0.15) is 5.82 Å². The van der Waals surface area contributed by atoms with E-state index in [-0.39, 0.29) is 15.6 Å². The number of nitrogens with zero attached hydrogens (tertiary/aromatic N) is 1. The van der Waals surface area contributed by atoms with Crippen LogP contribution >= 0.6 is 35.0 Å². The van der Waals surface area contributed by atoms with Crippen LogP contribution in [0.3, 0.4) is 0 Å². The van der Waals surface area contributed by atoms with Crippen LogP contribution in [0, 0.1) is 11.7 Å². The fourth-order valence-electron chi connectivity index (χ4n) is 3.18. The van der Waals surface area contributed by atoms with E-state index in [0.717, 1.165) is 29.7 Å². The lowest BCUT2D eigenvalue weighted by atomic mass is 9.78. The molecule has 2 unspecified atom stereocenters. The van der Waals surface area contributed by atoms with Crippen molar-refractivity contribution in [3.63, 3.8) is 0 Å². The van der Waals surface area contributed by atoms with Gasteiger partial charge < -0.3 is 5.32 Å². The van der Waals surface area contributed by atoms with Gasteiger partial charge in [-0.2, -0.15) is 0 Å². The van der Waals surface area contributed by atoms with Crippen molar-refractivity contribution in [3.8, 4) is 0 Å². The van der Waals surface area contributed by atoms with Crippen molar-refractivity contribution >= 4 is 45.8 Å². The van der Waals surface area contributed by atoms with E-state index in [4.69, 9.17) is 28.2 Å². The minimum absolute atomic E-state index is 0.0592. The first-order chi connectivity index (χ1) is 9.97.